The van der Waals surface area contributed by atoms with Crippen molar-refractivity contribution >= 4 is 6.03 Å². The van der Waals surface area contributed by atoms with Gasteiger partial charge in [0.2, 0.25) is 0 Å². The third-order valence-corrected chi connectivity index (χ3v) is 3.62. The first kappa shape index (κ1) is 10.7. The molecular weight excluding hydrogens is 190 g/mol. The van der Waals surface area contributed by atoms with E-state index >= 15 is 0 Å². The van der Waals surface area contributed by atoms with Crippen molar-refractivity contribution in [1.29, 1.82) is 0 Å². The van der Waals surface area contributed by atoms with E-state index in [4.69, 9.17) is 0 Å². The third-order valence-electron chi connectivity index (χ3n) is 3.62. The maximum atomic E-state index is 11.8. The average Bonchev–Trinajstić information content (AvgIpc) is 2.23. The number of amides is 2. The molecule has 0 atom stereocenters. The Kier molecular flexibility index (Phi) is 3.46. The number of hydrogen-bond donors (Lipinski definition) is 2. The molecule has 1 saturated heterocycles. The minimum atomic E-state index is 0.147. The summed E-state index contributed by atoms with van der Waals surface area (Å²) in [5.74, 6) is 0. The quantitative estimate of drug-likeness (QED) is 0.713. The van der Waals surface area contributed by atoms with Gasteiger partial charge >= 0.3 is 6.03 Å². The molecule has 1 aliphatic heterocycles. The van der Waals surface area contributed by atoms with Gasteiger partial charge in [0.05, 0.1) is 0 Å². The van der Waals surface area contributed by atoms with Gasteiger partial charge in [-0.1, -0.05) is 0 Å². The molecule has 2 rings (SSSR count). The normalized spacial score (nSPS) is 23.7. The van der Waals surface area contributed by atoms with Crippen molar-refractivity contribution in [3.05, 3.63) is 0 Å². The van der Waals surface area contributed by atoms with Crippen LogP contribution in [0.15, 0.2) is 0 Å². The minimum Gasteiger partial charge on any atom is -0.335 e. The second-order valence-corrected chi connectivity index (χ2v) is 4.63. The average molecular weight is 211 g/mol. The Labute approximate surface area is 91.4 Å². The number of nitrogens with one attached hydrogen (secondary N) is 2. The first-order chi connectivity index (χ1) is 7.29. The van der Waals surface area contributed by atoms with Crippen molar-refractivity contribution < 1.29 is 4.79 Å². The van der Waals surface area contributed by atoms with E-state index in [-0.39, 0.29) is 6.03 Å². The van der Waals surface area contributed by atoms with Crippen molar-refractivity contribution in [1.82, 2.24) is 15.5 Å². The number of hydrogen-bond acceptors (Lipinski definition) is 2. The zero-order chi connectivity index (χ0) is 10.7. The van der Waals surface area contributed by atoms with E-state index in [0.717, 1.165) is 25.9 Å². The Balaban J connectivity index is 1.71. The van der Waals surface area contributed by atoms with E-state index in [1.54, 1.807) is 0 Å². The van der Waals surface area contributed by atoms with Crippen molar-refractivity contribution in [2.75, 3.05) is 20.1 Å². The highest BCUT2D eigenvalue weighted by Crippen LogP contribution is 2.19. The Morgan fingerprint density at radius 2 is 1.80 bits per heavy atom. The molecule has 2 N–H and O–H groups in total. The van der Waals surface area contributed by atoms with E-state index in [0.29, 0.717) is 12.1 Å². The number of nitrogens with zero attached hydrogens (tertiary/aromatic N) is 1. The highest BCUT2D eigenvalue weighted by Gasteiger charge is 2.25. The van der Waals surface area contributed by atoms with Gasteiger partial charge in [-0.05, 0) is 39.2 Å². The Morgan fingerprint density at radius 1 is 1.13 bits per heavy atom. The van der Waals surface area contributed by atoms with Gasteiger partial charge in [0.1, 0.15) is 0 Å². The van der Waals surface area contributed by atoms with Crippen LogP contribution in [0.3, 0.4) is 0 Å². The minimum absolute atomic E-state index is 0.147. The highest BCUT2D eigenvalue weighted by atomic mass is 16.2. The van der Waals surface area contributed by atoms with Gasteiger partial charge in [0.15, 0.2) is 0 Å². The lowest BCUT2D eigenvalue weighted by Crippen LogP contribution is -2.51. The van der Waals surface area contributed by atoms with Gasteiger partial charge in [0, 0.05) is 25.2 Å². The summed E-state index contributed by atoms with van der Waals surface area (Å²) in [7, 11) is 1.99. The molecule has 1 heterocycles. The predicted octanol–water partition coefficient (Wildman–Crippen LogP) is 0.932. The highest BCUT2D eigenvalue weighted by molar-refractivity contribution is 5.74. The molecule has 2 fully saturated rings. The van der Waals surface area contributed by atoms with E-state index < -0.39 is 0 Å². The molecule has 2 aliphatic rings. The summed E-state index contributed by atoms with van der Waals surface area (Å²) in [6.07, 6.45) is 5.76. The zero-order valence-corrected chi connectivity index (χ0v) is 9.46. The lowest BCUT2D eigenvalue weighted by atomic mass is 9.93. The second-order valence-electron chi connectivity index (χ2n) is 4.63. The molecule has 1 saturated carbocycles. The number of piperidine rings is 1. The summed E-state index contributed by atoms with van der Waals surface area (Å²) < 4.78 is 0. The van der Waals surface area contributed by atoms with E-state index in [2.05, 4.69) is 10.6 Å². The Morgan fingerprint density at radius 3 is 2.27 bits per heavy atom. The lowest BCUT2D eigenvalue weighted by Gasteiger charge is -2.34. The van der Waals surface area contributed by atoms with E-state index in [9.17, 15) is 4.79 Å². The molecule has 4 nitrogen and oxygen atoms in total. The van der Waals surface area contributed by atoms with Gasteiger partial charge < -0.3 is 15.5 Å². The zero-order valence-electron chi connectivity index (χ0n) is 9.46. The van der Waals surface area contributed by atoms with Crippen LogP contribution in [0.2, 0.25) is 0 Å². The van der Waals surface area contributed by atoms with E-state index in [1.165, 1.54) is 19.3 Å². The number of urea groups is 1. The van der Waals surface area contributed by atoms with Gasteiger partial charge in [-0.3, -0.25) is 0 Å². The molecule has 15 heavy (non-hydrogen) atoms. The molecule has 0 aromatic heterocycles. The fourth-order valence-electron chi connectivity index (χ4n) is 2.19. The topological polar surface area (TPSA) is 44.4 Å². The van der Waals surface area contributed by atoms with Crippen LogP contribution in [-0.4, -0.2) is 43.2 Å². The van der Waals surface area contributed by atoms with Crippen LogP contribution in [0, 0.1) is 0 Å². The molecule has 0 aromatic carbocycles. The molecule has 0 bridgehead atoms. The molecule has 1 aliphatic carbocycles. The maximum absolute atomic E-state index is 11.8. The van der Waals surface area contributed by atoms with Crippen LogP contribution in [0.25, 0.3) is 0 Å². The van der Waals surface area contributed by atoms with Crippen LogP contribution in [-0.2, 0) is 0 Å². The maximum Gasteiger partial charge on any atom is 0.317 e. The summed E-state index contributed by atoms with van der Waals surface area (Å²) >= 11 is 0. The lowest BCUT2D eigenvalue weighted by molar-refractivity contribution is 0.168. The molecular formula is C11H21N3O. The summed E-state index contributed by atoms with van der Waals surface area (Å²) in [5.41, 5.74) is 0. The number of rotatable bonds is 2. The van der Waals surface area contributed by atoms with Crippen LogP contribution < -0.4 is 10.6 Å². The van der Waals surface area contributed by atoms with Crippen molar-refractivity contribution in [3.63, 3.8) is 0 Å². The number of carbonyl (C=O) groups is 1. The smallest absolute Gasteiger partial charge is 0.317 e. The monoisotopic (exact) mass is 211 g/mol. The van der Waals surface area contributed by atoms with Crippen LogP contribution in [0.1, 0.15) is 32.1 Å². The first-order valence-corrected chi connectivity index (χ1v) is 6.02. The van der Waals surface area contributed by atoms with Crippen LogP contribution >= 0.6 is 0 Å². The van der Waals surface area contributed by atoms with Crippen LogP contribution in [0.5, 0.6) is 0 Å². The van der Waals surface area contributed by atoms with E-state index in [1.807, 2.05) is 11.9 Å². The summed E-state index contributed by atoms with van der Waals surface area (Å²) in [5, 5.41) is 6.35. The van der Waals surface area contributed by atoms with Gasteiger partial charge in [0.25, 0.3) is 0 Å². The largest absolute Gasteiger partial charge is 0.335 e. The molecule has 0 aromatic rings. The second kappa shape index (κ2) is 4.84. The standard InChI is InChI=1S/C11H21N3O/c1-12-9-5-7-14(8-6-9)11(15)13-10-3-2-4-10/h9-10,12H,2-8H2,1H3,(H,13,15). The molecule has 2 amide bonds. The molecule has 0 spiro atoms. The van der Waals surface area contributed by atoms with Crippen molar-refractivity contribution in [2.45, 2.75) is 44.2 Å². The van der Waals surface area contributed by atoms with Crippen molar-refractivity contribution in [3.8, 4) is 0 Å². The summed E-state index contributed by atoms with van der Waals surface area (Å²) in [4.78, 5) is 13.7. The fraction of sp³-hybridized carbons (Fsp3) is 0.909. The van der Waals surface area contributed by atoms with Crippen molar-refractivity contribution in [2.24, 2.45) is 0 Å². The predicted molar refractivity (Wildman–Crippen MR) is 59.8 cm³/mol. The third kappa shape index (κ3) is 2.62. The SMILES string of the molecule is CNC1CCN(C(=O)NC2CCC2)CC1. The van der Waals surface area contributed by atoms with Gasteiger partial charge in [-0.25, -0.2) is 4.79 Å². The first-order valence-electron chi connectivity index (χ1n) is 6.02. The number of carbonyl (C=O) groups excluding carboxylic acids is 1. The summed E-state index contributed by atoms with van der Waals surface area (Å²) in [6, 6.07) is 1.20. The molecule has 4 heteroatoms. The molecule has 0 radical (unpaired) electrons. The number of likely N-dealkylation sites (tertiary alicyclic amines) is 1. The molecule has 86 valence electrons. The fourth-order valence-corrected chi connectivity index (χ4v) is 2.19. The summed E-state index contributed by atoms with van der Waals surface area (Å²) in [6.45, 7) is 1.79. The Bertz CT molecular complexity index is 220. The van der Waals surface area contributed by atoms with Gasteiger partial charge in [-0.2, -0.15) is 0 Å². The Hall–Kier alpha value is -0.770. The van der Waals surface area contributed by atoms with Gasteiger partial charge in [-0.15, -0.1) is 0 Å². The molecule has 0 unspecified atom stereocenters. The van der Waals surface area contributed by atoms with Crippen LogP contribution in [0.4, 0.5) is 4.79 Å².